The molecular formula is C47H29N3S. The summed E-state index contributed by atoms with van der Waals surface area (Å²) in [5, 5.41) is 6.21. The number of thiophene rings is 1. The third-order valence-corrected chi connectivity index (χ3v) is 10.9. The summed E-state index contributed by atoms with van der Waals surface area (Å²) >= 11 is 1.87. The van der Waals surface area contributed by atoms with Crippen molar-refractivity contribution in [3.63, 3.8) is 0 Å². The molecule has 0 unspecified atom stereocenters. The molecule has 0 amide bonds. The molecule has 0 aliphatic heterocycles. The molecule has 0 fully saturated rings. The van der Waals surface area contributed by atoms with Gasteiger partial charge in [0.15, 0.2) is 5.82 Å². The SMILES string of the molecule is c1ccc(-c2cccc(-c3nc(-c4ccccc4)cc(-c4ccc(-c5nc6ccccc6c6c5ccc5c7ccccc7sc56)cc4)n3)c2)cc1. The monoisotopic (exact) mass is 667 g/mol. The van der Waals surface area contributed by atoms with Gasteiger partial charge in [0.25, 0.3) is 0 Å². The summed E-state index contributed by atoms with van der Waals surface area (Å²) in [5.41, 5.74) is 10.2. The Morgan fingerprint density at radius 2 is 0.941 bits per heavy atom. The Balaban J connectivity index is 1.11. The first-order valence-electron chi connectivity index (χ1n) is 17.1. The molecule has 0 saturated heterocycles. The minimum absolute atomic E-state index is 0.697. The normalized spacial score (nSPS) is 11.5. The molecule has 3 heterocycles. The summed E-state index contributed by atoms with van der Waals surface area (Å²) in [6, 6.07) is 61.8. The minimum atomic E-state index is 0.697. The number of rotatable bonds is 5. The number of para-hydroxylation sites is 1. The molecule has 0 radical (unpaired) electrons. The third kappa shape index (κ3) is 5.16. The Morgan fingerprint density at radius 1 is 0.353 bits per heavy atom. The molecule has 10 aromatic rings. The summed E-state index contributed by atoms with van der Waals surface area (Å²) in [6.45, 7) is 0. The van der Waals surface area contributed by atoms with E-state index >= 15 is 0 Å². The van der Waals surface area contributed by atoms with E-state index in [4.69, 9.17) is 15.0 Å². The smallest absolute Gasteiger partial charge is 0.160 e. The van der Waals surface area contributed by atoms with Crippen molar-refractivity contribution in [1.82, 2.24) is 15.0 Å². The average molecular weight is 668 g/mol. The van der Waals surface area contributed by atoms with Gasteiger partial charge in [-0.3, -0.25) is 0 Å². The van der Waals surface area contributed by atoms with Gasteiger partial charge in [0.2, 0.25) is 0 Å². The quantitative estimate of drug-likeness (QED) is 0.171. The zero-order valence-electron chi connectivity index (χ0n) is 27.5. The van der Waals surface area contributed by atoms with Gasteiger partial charge in [-0.1, -0.05) is 152 Å². The van der Waals surface area contributed by atoms with Crippen LogP contribution < -0.4 is 0 Å². The topological polar surface area (TPSA) is 38.7 Å². The van der Waals surface area contributed by atoms with Crippen LogP contribution in [0.25, 0.3) is 98.1 Å². The number of nitrogens with zero attached hydrogens (tertiary/aromatic N) is 3. The molecule has 0 aliphatic carbocycles. The maximum Gasteiger partial charge on any atom is 0.160 e. The third-order valence-electron chi connectivity index (χ3n) is 9.69. The fourth-order valence-corrected chi connectivity index (χ4v) is 8.45. The highest BCUT2D eigenvalue weighted by molar-refractivity contribution is 7.26. The van der Waals surface area contributed by atoms with Crippen LogP contribution in [-0.2, 0) is 0 Å². The summed E-state index contributed by atoms with van der Waals surface area (Å²) in [5.74, 6) is 0.697. The van der Waals surface area contributed by atoms with Crippen LogP contribution in [0.15, 0.2) is 176 Å². The van der Waals surface area contributed by atoms with Crippen molar-refractivity contribution in [3.8, 4) is 56.3 Å². The fourth-order valence-electron chi connectivity index (χ4n) is 7.19. The molecular weight excluding hydrogens is 639 g/mol. The van der Waals surface area contributed by atoms with E-state index in [2.05, 4.69) is 164 Å². The van der Waals surface area contributed by atoms with Crippen molar-refractivity contribution in [3.05, 3.63) is 176 Å². The maximum absolute atomic E-state index is 5.26. The van der Waals surface area contributed by atoms with Crippen molar-refractivity contribution in [2.75, 3.05) is 0 Å². The van der Waals surface area contributed by atoms with Gasteiger partial charge in [-0.25, -0.2) is 15.0 Å². The van der Waals surface area contributed by atoms with Crippen molar-refractivity contribution >= 4 is 53.2 Å². The van der Waals surface area contributed by atoms with Gasteiger partial charge in [0.1, 0.15) is 0 Å². The molecule has 10 rings (SSSR count). The van der Waals surface area contributed by atoms with Crippen LogP contribution >= 0.6 is 11.3 Å². The second-order valence-electron chi connectivity index (χ2n) is 12.8. The van der Waals surface area contributed by atoms with Crippen LogP contribution in [-0.4, -0.2) is 15.0 Å². The number of hydrogen-bond acceptors (Lipinski definition) is 4. The highest BCUT2D eigenvalue weighted by atomic mass is 32.1. The maximum atomic E-state index is 5.26. The highest BCUT2D eigenvalue weighted by Crippen LogP contribution is 2.43. The van der Waals surface area contributed by atoms with Gasteiger partial charge < -0.3 is 0 Å². The van der Waals surface area contributed by atoms with E-state index in [1.165, 1.54) is 30.9 Å². The zero-order chi connectivity index (χ0) is 33.7. The van der Waals surface area contributed by atoms with Crippen molar-refractivity contribution in [2.24, 2.45) is 0 Å². The Kier molecular flexibility index (Phi) is 7.00. The lowest BCUT2D eigenvalue weighted by molar-refractivity contribution is 1.18. The number of pyridine rings is 1. The Hall–Kier alpha value is -6.49. The average Bonchev–Trinajstić information content (AvgIpc) is 3.60. The first kappa shape index (κ1) is 29.4. The molecule has 3 aromatic heterocycles. The second-order valence-corrected chi connectivity index (χ2v) is 13.8. The molecule has 51 heavy (non-hydrogen) atoms. The van der Waals surface area contributed by atoms with E-state index in [9.17, 15) is 0 Å². The Morgan fingerprint density at radius 3 is 1.73 bits per heavy atom. The van der Waals surface area contributed by atoms with Crippen LogP contribution in [0.5, 0.6) is 0 Å². The number of fused-ring (bicyclic) bond motifs is 7. The summed E-state index contributed by atoms with van der Waals surface area (Å²) in [6.07, 6.45) is 0. The van der Waals surface area contributed by atoms with Crippen LogP contribution in [0.4, 0.5) is 0 Å². The molecule has 0 atom stereocenters. The predicted octanol–water partition coefficient (Wildman–Crippen LogP) is 12.9. The predicted molar refractivity (Wildman–Crippen MR) is 215 cm³/mol. The van der Waals surface area contributed by atoms with Crippen LogP contribution in [0.1, 0.15) is 0 Å². The van der Waals surface area contributed by atoms with Gasteiger partial charge >= 0.3 is 0 Å². The van der Waals surface area contributed by atoms with Gasteiger partial charge in [0.05, 0.1) is 22.6 Å². The minimum Gasteiger partial charge on any atom is -0.247 e. The van der Waals surface area contributed by atoms with E-state index in [0.717, 1.165) is 61.4 Å². The first-order valence-corrected chi connectivity index (χ1v) is 17.9. The van der Waals surface area contributed by atoms with Gasteiger partial charge in [0, 0.05) is 58.6 Å². The van der Waals surface area contributed by atoms with Gasteiger partial charge in [-0.15, -0.1) is 11.3 Å². The lowest BCUT2D eigenvalue weighted by Crippen LogP contribution is -1.96. The largest absolute Gasteiger partial charge is 0.247 e. The van der Waals surface area contributed by atoms with Crippen molar-refractivity contribution in [1.29, 1.82) is 0 Å². The molecule has 4 heteroatoms. The lowest BCUT2D eigenvalue weighted by Gasteiger charge is -2.13. The molecule has 238 valence electrons. The number of benzene rings is 7. The highest BCUT2D eigenvalue weighted by Gasteiger charge is 2.17. The molecule has 0 N–H and O–H groups in total. The summed E-state index contributed by atoms with van der Waals surface area (Å²) < 4.78 is 2.61. The molecule has 0 spiro atoms. The molecule has 3 nitrogen and oxygen atoms in total. The fraction of sp³-hybridized carbons (Fsp3) is 0. The zero-order valence-corrected chi connectivity index (χ0v) is 28.3. The van der Waals surface area contributed by atoms with E-state index in [-0.39, 0.29) is 0 Å². The first-order chi connectivity index (χ1) is 25.3. The van der Waals surface area contributed by atoms with E-state index in [1.54, 1.807) is 0 Å². The second kappa shape index (κ2) is 12.1. The Labute approximate surface area is 299 Å². The van der Waals surface area contributed by atoms with Crippen molar-refractivity contribution < 1.29 is 0 Å². The Bertz CT molecular complexity index is 2900. The van der Waals surface area contributed by atoms with Crippen molar-refractivity contribution in [2.45, 2.75) is 0 Å². The molecule has 7 aromatic carbocycles. The van der Waals surface area contributed by atoms with Gasteiger partial charge in [-0.2, -0.15) is 0 Å². The van der Waals surface area contributed by atoms with Gasteiger partial charge in [-0.05, 0) is 35.4 Å². The molecule has 0 aliphatic rings. The van der Waals surface area contributed by atoms with E-state index in [1.807, 2.05) is 23.5 Å². The summed E-state index contributed by atoms with van der Waals surface area (Å²) in [4.78, 5) is 15.5. The van der Waals surface area contributed by atoms with Crippen LogP contribution in [0.3, 0.4) is 0 Å². The molecule has 0 bridgehead atoms. The number of aromatic nitrogens is 3. The molecule has 0 saturated carbocycles. The lowest BCUT2D eigenvalue weighted by atomic mass is 9.97. The van der Waals surface area contributed by atoms with Crippen LogP contribution in [0, 0.1) is 0 Å². The number of hydrogen-bond donors (Lipinski definition) is 0. The van der Waals surface area contributed by atoms with E-state index in [0.29, 0.717) is 5.82 Å². The summed E-state index contributed by atoms with van der Waals surface area (Å²) in [7, 11) is 0. The van der Waals surface area contributed by atoms with Crippen LogP contribution in [0.2, 0.25) is 0 Å². The standard InChI is InChI=1S/C47H29N3S/c1-3-12-30(13-4-1)34-16-11-17-35(28-34)47-49-41(31-14-5-2-6-15-31)29-42(50-47)32-22-24-33(25-23-32)45-39-27-26-37-36-18-8-10-21-43(36)51-46(37)44(39)38-19-7-9-20-40(38)48-45/h1-29H. The van der Waals surface area contributed by atoms with E-state index < -0.39 is 0 Å².